The number of halogens is 2. The Morgan fingerprint density at radius 1 is 1.22 bits per heavy atom. The summed E-state index contributed by atoms with van der Waals surface area (Å²) in [5.41, 5.74) is 2.32. The van der Waals surface area contributed by atoms with Gasteiger partial charge in [0.15, 0.2) is 0 Å². The van der Waals surface area contributed by atoms with Crippen LogP contribution in [0.1, 0.15) is 31.0 Å². The SMILES string of the molecule is Cc1cc(C2(C)[C@@H]3C[C@H]([C@H]2C(=O)Nc2ccc(Cl)c(Cl)c2)[C@@H](O)C3)ccn1. The first kappa shape index (κ1) is 18.7. The van der Waals surface area contributed by atoms with Crippen molar-refractivity contribution in [3.8, 4) is 0 Å². The van der Waals surface area contributed by atoms with Gasteiger partial charge in [-0.25, -0.2) is 0 Å². The van der Waals surface area contributed by atoms with E-state index >= 15 is 0 Å². The molecule has 2 bridgehead atoms. The average Bonchev–Trinajstić information content (AvgIpc) is 3.13. The van der Waals surface area contributed by atoms with Crippen molar-refractivity contribution in [1.82, 2.24) is 4.98 Å². The molecule has 4 nitrogen and oxygen atoms in total. The zero-order valence-electron chi connectivity index (χ0n) is 15.2. The number of aliphatic hydroxyl groups is 1. The molecule has 2 aliphatic carbocycles. The number of aryl methyl sites for hydroxylation is 1. The molecule has 0 radical (unpaired) electrons. The second-order valence-electron chi connectivity index (χ2n) is 7.96. The smallest absolute Gasteiger partial charge is 0.228 e. The van der Waals surface area contributed by atoms with Crippen LogP contribution in [0.4, 0.5) is 5.69 Å². The largest absolute Gasteiger partial charge is 0.393 e. The first-order valence-electron chi connectivity index (χ1n) is 9.18. The number of nitrogens with zero attached hydrogens (tertiary/aromatic N) is 1. The van der Waals surface area contributed by atoms with E-state index in [1.54, 1.807) is 24.4 Å². The van der Waals surface area contributed by atoms with Crippen LogP contribution in [0.5, 0.6) is 0 Å². The number of benzene rings is 1. The van der Waals surface area contributed by atoms with Gasteiger partial charge in [0, 0.05) is 23.0 Å². The van der Waals surface area contributed by atoms with Crippen molar-refractivity contribution in [1.29, 1.82) is 0 Å². The number of anilines is 1. The lowest BCUT2D eigenvalue weighted by molar-refractivity contribution is -0.126. The molecule has 0 aliphatic heterocycles. The van der Waals surface area contributed by atoms with Gasteiger partial charge in [0.2, 0.25) is 5.91 Å². The molecule has 4 rings (SSSR count). The fourth-order valence-corrected chi connectivity index (χ4v) is 5.45. The summed E-state index contributed by atoms with van der Waals surface area (Å²) in [6, 6.07) is 9.12. The van der Waals surface area contributed by atoms with Gasteiger partial charge in [-0.15, -0.1) is 0 Å². The third-order valence-corrected chi connectivity index (χ3v) is 7.23. The van der Waals surface area contributed by atoms with Crippen LogP contribution in [-0.4, -0.2) is 22.1 Å². The van der Waals surface area contributed by atoms with Crippen molar-refractivity contribution in [2.24, 2.45) is 17.8 Å². The van der Waals surface area contributed by atoms with Crippen molar-refractivity contribution in [2.75, 3.05) is 5.32 Å². The lowest BCUT2D eigenvalue weighted by Gasteiger charge is -2.42. The average molecular weight is 405 g/mol. The van der Waals surface area contributed by atoms with Crippen LogP contribution in [0.15, 0.2) is 36.5 Å². The van der Waals surface area contributed by atoms with Crippen LogP contribution in [0, 0.1) is 24.7 Å². The molecule has 2 saturated carbocycles. The van der Waals surface area contributed by atoms with Gasteiger partial charge in [-0.1, -0.05) is 30.1 Å². The molecule has 2 aromatic rings. The van der Waals surface area contributed by atoms with Gasteiger partial charge in [0.1, 0.15) is 0 Å². The predicted molar refractivity (Wildman–Crippen MR) is 107 cm³/mol. The van der Waals surface area contributed by atoms with E-state index in [-0.39, 0.29) is 29.1 Å². The predicted octanol–water partition coefficient (Wildman–Crippen LogP) is 4.61. The molecule has 1 heterocycles. The van der Waals surface area contributed by atoms with E-state index in [0.717, 1.165) is 24.1 Å². The van der Waals surface area contributed by atoms with Crippen molar-refractivity contribution >= 4 is 34.8 Å². The first-order valence-corrected chi connectivity index (χ1v) is 9.93. The minimum absolute atomic E-state index is 0.0451. The summed E-state index contributed by atoms with van der Waals surface area (Å²) >= 11 is 12.1. The number of hydrogen-bond donors (Lipinski definition) is 2. The van der Waals surface area contributed by atoms with Gasteiger partial charge < -0.3 is 10.4 Å². The van der Waals surface area contributed by atoms with E-state index < -0.39 is 6.10 Å². The quantitative estimate of drug-likeness (QED) is 0.784. The molecule has 142 valence electrons. The summed E-state index contributed by atoms with van der Waals surface area (Å²) in [4.78, 5) is 17.6. The molecular weight excluding hydrogens is 383 g/mol. The molecule has 2 aliphatic rings. The van der Waals surface area contributed by atoms with Gasteiger partial charge in [-0.2, -0.15) is 0 Å². The number of hydrogen-bond acceptors (Lipinski definition) is 3. The highest BCUT2D eigenvalue weighted by molar-refractivity contribution is 6.42. The van der Waals surface area contributed by atoms with Crippen molar-refractivity contribution < 1.29 is 9.90 Å². The molecule has 2 fully saturated rings. The Labute approximate surface area is 168 Å². The fraction of sp³-hybridized carbons (Fsp3) is 0.429. The van der Waals surface area contributed by atoms with Crippen molar-refractivity contribution in [3.05, 3.63) is 57.8 Å². The maximum atomic E-state index is 13.3. The molecule has 1 aromatic carbocycles. The Hall–Kier alpha value is -1.62. The molecular formula is C21H22Cl2N2O2. The Bertz CT molecular complexity index is 904. The molecule has 6 heteroatoms. The molecule has 1 amide bonds. The third-order valence-electron chi connectivity index (χ3n) is 6.49. The summed E-state index contributed by atoms with van der Waals surface area (Å²) in [5, 5.41) is 14.3. The van der Waals surface area contributed by atoms with Gasteiger partial charge in [0.05, 0.1) is 22.1 Å². The van der Waals surface area contributed by atoms with E-state index in [1.807, 2.05) is 13.0 Å². The monoisotopic (exact) mass is 404 g/mol. The van der Waals surface area contributed by atoms with Crippen molar-refractivity contribution in [2.45, 2.75) is 38.2 Å². The number of aromatic nitrogens is 1. The lowest BCUT2D eigenvalue weighted by Crippen LogP contribution is -2.48. The van der Waals surface area contributed by atoms with Gasteiger partial charge >= 0.3 is 0 Å². The standard InChI is InChI=1S/C21H22Cl2N2O2/c1-11-7-12(5-6-24-11)21(2)13-8-15(18(26)9-13)19(21)20(27)25-14-3-4-16(22)17(23)10-14/h3-7,10,13,15,18-19,26H,8-9H2,1-2H3,(H,25,27)/t13-,15+,18+,19+,21?/m1/s1. The van der Waals surface area contributed by atoms with Crippen molar-refractivity contribution in [3.63, 3.8) is 0 Å². The number of nitrogens with one attached hydrogen (secondary N) is 1. The second kappa shape index (κ2) is 6.77. The Kier molecular flexibility index (Phi) is 4.69. The maximum absolute atomic E-state index is 13.3. The zero-order valence-corrected chi connectivity index (χ0v) is 16.8. The fourth-order valence-electron chi connectivity index (χ4n) is 5.15. The number of carbonyl (C=O) groups excluding carboxylic acids is 1. The van der Waals surface area contributed by atoms with Gasteiger partial charge in [-0.05, 0) is 67.5 Å². The Morgan fingerprint density at radius 2 is 2.00 bits per heavy atom. The highest BCUT2D eigenvalue weighted by Crippen LogP contribution is 2.60. The number of pyridine rings is 1. The molecule has 0 saturated heterocycles. The van der Waals surface area contributed by atoms with Crippen LogP contribution in [-0.2, 0) is 10.2 Å². The van der Waals surface area contributed by atoms with E-state index in [4.69, 9.17) is 23.2 Å². The molecule has 2 N–H and O–H groups in total. The van der Waals surface area contributed by atoms with Crippen LogP contribution >= 0.6 is 23.2 Å². The summed E-state index contributed by atoms with van der Waals surface area (Å²) in [7, 11) is 0. The van der Waals surface area contributed by atoms with Gasteiger partial charge in [-0.3, -0.25) is 9.78 Å². The minimum atomic E-state index is -0.435. The number of carbonyl (C=O) groups is 1. The highest BCUT2D eigenvalue weighted by atomic mass is 35.5. The normalized spacial score (nSPS) is 31.9. The maximum Gasteiger partial charge on any atom is 0.228 e. The first-order chi connectivity index (χ1) is 12.8. The summed E-state index contributed by atoms with van der Waals surface area (Å²) < 4.78 is 0. The lowest BCUT2D eigenvalue weighted by atomic mass is 9.62. The number of aliphatic hydroxyl groups excluding tert-OH is 1. The molecule has 1 aromatic heterocycles. The second-order valence-corrected chi connectivity index (χ2v) is 8.78. The molecule has 1 unspecified atom stereocenters. The van der Waals surface area contributed by atoms with Crippen LogP contribution in [0.3, 0.4) is 0 Å². The van der Waals surface area contributed by atoms with E-state index in [1.165, 1.54) is 0 Å². The summed E-state index contributed by atoms with van der Waals surface area (Å²) in [6.45, 7) is 4.11. The zero-order chi connectivity index (χ0) is 19.3. The topological polar surface area (TPSA) is 62.2 Å². The molecule has 5 atom stereocenters. The third kappa shape index (κ3) is 3.04. The number of rotatable bonds is 3. The number of amides is 1. The summed E-state index contributed by atoms with van der Waals surface area (Å²) in [6.07, 6.45) is 2.96. The van der Waals surface area contributed by atoms with E-state index in [9.17, 15) is 9.90 Å². The van der Waals surface area contributed by atoms with E-state index in [0.29, 0.717) is 15.7 Å². The Morgan fingerprint density at radius 3 is 2.70 bits per heavy atom. The van der Waals surface area contributed by atoms with Crippen LogP contribution in [0.25, 0.3) is 0 Å². The highest BCUT2D eigenvalue weighted by Gasteiger charge is 2.62. The number of fused-ring (bicyclic) bond motifs is 2. The summed E-state index contributed by atoms with van der Waals surface area (Å²) in [5.74, 6) is -0.181. The molecule has 27 heavy (non-hydrogen) atoms. The molecule has 0 spiro atoms. The minimum Gasteiger partial charge on any atom is -0.393 e. The Balaban J connectivity index is 1.69. The van der Waals surface area contributed by atoms with E-state index in [2.05, 4.69) is 23.3 Å². The van der Waals surface area contributed by atoms with Gasteiger partial charge in [0.25, 0.3) is 0 Å². The van der Waals surface area contributed by atoms with Crippen LogP contribution in [0.2, 0.25) is 10.0 Å². The van der Waals surface area contributed by atoms with Crippen LogP contribution < -0.4 is 5.32 Å².